The lowest BCUT2D eigenvalue weighted by Crippen LogP contribution is -2.17. The van der Waals surface area contributed by atoms with E-state index in [1.54, 1.807) is 24.3 Å². The van der Waals surface area contributed by atoms with Crippen molar-refractivity contribution in [3.63, 3.8) is 0 Å². The topological polar surface area (TPSA) is 70.0 Å². The molecule has 102 valence electrons. The molecule has 1 aromatic rings. The van der Waals surface area contributed by atoms with Gasteiger partial charge in [-0.25, -0.2) is 0 Å². The SMILES string of the molecule is CC(C)CS(=O)CCC(=O)Nc1ccc(C#N)cc1. The second-order valence-corrected chi connectivity index (χ2v) is 6.31. The Balaban J connectivity index is 2.38. The third-order valence-corrected chi connectivity index (χ3v) is 4.07. The fraction of sp³-hybridized carbons (Fsp3) is 0.429. The van der Waals surface area contributed by atoms with E-state index in [-0.39, 0.29) is 12.3 Å². The summed E-state index contributed by atoms with van der Waals surface area (Å²) in [7, 11) is -0.938. The van der Waals surface area contributed by atoms with Crippen LogP contribution in [0.1, 0.15) is 25.8 Å². The maximum atomic E-state index is 11.6. The van der Waals surface area contributed by atoms with Gasteiger partial charge in [-0.15, -0.1) is 0 Å². The number of nitriles is 1. The number of hydrogen-bond donors (Lipinski definition) is 1. The number of benzene rings is 1. The summed E-state index contributed by atoms with van der Waals surface area (Å²) in [4.78, 5) is 11.6. The highest BCUT2D eigenvalue weighted by Crippen LogP contribution is 2.09. The van der Waals surface area contributed by atoms with E-state index in [1.165, 1.54) is 0 Å². The van der Waals surface area contributed by atoms with Gasteiger partial charge in [0.15, 0.2) is 0 Å². The maximum Gasteiger partial charge on any atom is 0.225 e. The van der Waals surface area contributed by atoms with Crippen molar-refractivity contribution in [1.82, 2.24) is 0 Å². The molecule has 0 aromatic heterocycles. The predicted molar refractivity (Wildman–Crippen MR) is 77.1 cm³/mol. The van der Waals surface area contributed by atoms with Gasteiger partial charge in [-0.3, -0.25) is 9.00 Å². The van der Waals surface area contributed by atoms with Gasteiger partial charge in [-0.1, -0.05) is 13.8 Å². The normalized spacial score (nSPS) is 11.9. The molecule has 1 rings (SSSR count). The molecule has 1 N–H and O–H groups in total. The molecule has 1 atom stereocenters. The Bertz CT molecular complexity index is 489. The molecule has 19 heavy (non-hydrogen) atoms. The first-order valence-corrected chi connectivity index (χ1v) is 7.65. The molecule has 0 heterocycles. The van der Waals surface area contributed by atoms with Crippen molar-refractivity contribution < 1.29 is 9.00 Å². The lowest BCUT2D eigenvalue weighted by Gasteiger charge is -2.06. The van der Waals surface area contributed by atoms with E-state index >= 15 is 0 Å². The van der Waals surface area contributed by atoms with Crippen LogP contribution in [0.5, 0.6) is 0 Å². The fourth-order valence-corrected chi connectivity index (χ4v) is 2.84. The third-order valence-electron chi connectivity index (χ3n) is 2.37. The molecule has 0 aliphatic heterocycles. The Kier molecular flexibility index (Phi) is 6.23. The molecule has 1 aromatic carbocycles. The molecular formula is C14H18N2O2S. The summed E-state index contributed by atoms with van der Waals surface area (Å²) < 4.78 is 11.6. The van der Waals surface area contributed by atoms with Crippen molar-refractivity contribution in [2.24, 2.45) is 5.92 Å². The molecule has 0 radical (unpaired) electrons. The largest absolute Gasteiger partial charge is 0.326 e. The van der Waals surface area contributed by atoms with Crippen molar-refractivity contribution in [3.8, 4) is 6.07 Å². The molecule has 1 amide bonds. The standard InChI is InChI=1S/C14H18N2O2S/c1-11(2)10-19(18)8-7-14(17)16-13-5-3-12(9-15)4-6-13/h3-6,11H,7-8,10H2,1-2H3,(H,16,17). The number of hydrogen-bond acceptors (Lipinski definition) is 3. The first kappa shape index (κ1) is 15.4. The van der Waals surface area contributed by atoms with Gasteiger partial charge in [0.25, 0.3) is 0 Å². The molecule has 0 saturated heterocycles. The van der Waals surface area contributed by atoms with Gasteiger partial charge < -0.3 is 5.32 Å². The van der Waals surface area contributed by atoms with E-state index in [9.17, 15) is 9.00 Å². The van der Waals surface area contributed by atoms with Crippen LogP contribution >= 0.6 is 0 Å². The van der Waals surface area contributed by atoms with Crippen LogP contribution in [0.2, 0.25) is 0 Å². The number of amides is 1. The van der Waals surface area contributed by atoms with E-state index in [0.717, 1.165) is 0 Å². The molecule has 0 aliphatic carbocycles. The van der Waals surface area contributed by atoms with Gasteiger partial charge in [0.05, 0.1) is 11.6 Å². The van der Waals surface area contributed by atoms with E-state index < -0.39 is 10.8 Å². The van der Waals surface area contributed by atoms with E-state index in [0.29, 0.717) is 28.7 Å². The summed E-state index contributed by atoms with van der Waals surface area (Å²) >= 11 is 0. The summed E-state index contributed by atoms with van der Waals surface area (Å²) in [6.07, 6.45) is 0.249. The molecule has 4 nitrogen and oxygen atoms in total. The van der Waals surface area contributed by atoms with Crippen LogP contribution in [-0.2, 0) is 15.6 Å². The van der Waals surface area contributed by atoms with Gasteiger partial charge in [-0.2, -0.15) is 5.26 Å². The van der Waals surface area contributed by atoms with Crippen molar-refractivity contribution in [3.05, 3.63) is 29.8 Å². The van der Waals surface area contributed by atoms with Gasteiger partial charge in [0.2, 0.25) is 5.91 Å². The maximum absolute atomic E-state index is 11.6. The molecular weight excluding hydrogens is 260 g/mol. The fourth-order valence-electron chi connectivity index (χ4n) is 1.51. The van der Waals surface area contributed by atoms with Gasteiger partial charge in [0, 0.05) is 34.4 Å². The van der Waals surface area contributed by atoms with Gasteiger partial charge in [0.1, 0.15) is 0 Å². The summed E-state index contributed by atoms with van der Waals surface area (Å²) in [6, 6.07) is 8.67. The van der Waals surface area contributed by atoms with Crippen LogP contribution in [0.4, 0.5) is 5.69 Å². The molecule has 1 unspecified atom stereocenters. The average molecular weight is 278 g/mol. The van der Waals surface area contributed by atoms with Crippen LogP contribution in [0.3, 0.4) is 0 Å². The molecule has 0 spiro atoms. The van der Waals surface area contributed by atoms with Crippen LogP contribution in [0, 0.1) is 17.2 Å². The number of nitrogens with zero attached hydrogens (tertiary/aromatic N) is 1. The number of anilines is 1. The van der Waals surface area contributed by atoms with Crippen LogP contribution < -0.4 is 5.32 Å². The summed E-state index contributed by atoms with van der Waals surface area (Å²) in [6.45, 7) is 4.02. The van der Waals surface area contributed by atoms with Crippen LogP contribution in [-0.4, -0.2) is 21.6 Å². The zero-order valence-corrected chi connectivity index (χ0v) is 12.0. The second-order valence-electron chi connectivity index (χ2n) is 4.69. The molecule has 0 fully saturated rings. The minimum Gasteiger partial charge on any atom is -0.326 e. The molecule has 0 saturated carbocycles. The Morgan fingerprint density at radius 1 is 1.37 bits per heavy atom. The Morgan fingerprint density at radius 2 is 2.00 bits per heavy atom. The molecule has 5 heteroatoms. The predicted octanol–water partition coefficient (Wildman–Crippen LogP) is 2.29. The lowest BCUT2D eigenvalue weighted by molar-refractivity contribution is -0.115. The van der Waals surface area contributed by atoms with Crippen molar-refractivity contribution >= 4 is 22.4 Å². The minimum atomic E-state index is -0.938. The molecule has 0 bridgehead atoms. The average Bonchev–Trinajstić information content (AvgIpc) is 2.36. The zero-order chi connectivity index (χ0) is 14.3. The third kappa shape index (κ3) is 6.16. The second kappa shape index (κ2) is 7.70. The van der Waals surface area contributed by atoms with Gasteiger partial charge >= 0.3 is 0 Å². The summed E-state index contributed by atoms with van der Waals surface area (Å²) in [5.74, 6) is 1.24. The highest BCUT2D eigenvalue weighted by molar-refractivity contribution is 7.85. The van der Waals surface area contributed by atoms with Crippen molar-refractivity contribution in [2.75, 3.05) is 16.8 Å². The van der Waals surface area contributed by atoms with Crippen molar-refractivity contribution in [2.45, 2.75) is 20.3 Å². The first-order valence-electron chi connectivity index (χ1n) is 6.16. The highest BCUT2D eigenvalue weighted by Gasteiger charge is 2.07. The minimum absolute atomic E-state index is 0.151. The smallest absolute Gasteiger partial charge is 0.225 e. The lowest BCUT2D eigenvalue weighted by atomic mass is 10.2. The Labute approximate surface area is 116 Å². The van der Waals surface area contributed by atoms with Crippen LogP contribution in [0.15, 0.2) is 24.3 Å². The first-order chi connectivity index (χ1) is 9.01. The van der Waals surface area contributed by atoms with E-state index in [1.807, 2.05) is 19.9 Å². The number of carbonyl (C=O) groups excluding carboxylic acids is 1. The van der Waals surface area contributed by atoms with Crippen LogP contribution in [0.25, 0.3) is 0 Å². The number of carbonyl (C=O) groups is 1. The monoisotopic (exact) mass is 278 g/mol. The van der Waals surface area contributed by atoms with Crippen molar-refractivity contribution in [1.29, 1.82) is 5.26 Å². The zero-order valence-electron chi connectivity index (χ0n) is 11.2. The highest BCUT2D eigenvalue weighted by atomic mass is 32.2. The van der Waals surface area contributed by atoms with E-state index in [4.69, 9.17) is 5.26 Å². The Hall–Kier alpha value is -1.67. The Morgan fingerprint density at radius 3 is 2.53 bits per heavy atom. The number of nitrogens with one attached hydrogen (secondary N) is 1. The summed E-state index contributed by atoms with van der Waals surface area (Å²) in [5.41, 5.74) is 1.20. The summed E-state index contributed by atoms with van der Waals surface area (Å²) in [5, 5.41) is 11.4. The quantitative estimate of drug-likeness (QED) is 0.868. The van der Waals surface area contributed by atoms with E-state index in [2.05, 4.69) is 5.32 Å². The molecule has 0 aliphatic rings. The van der Waals surface area contributed by atoms with Gasteiger partial charge in [-0.05, 0) is 30.2 Å². The number of rotatable bonds is 6.